The number of rotatable bonds is 4. The molecule has 3 rings (SSSR count). The highest BCUT2D eigenvalue weighted by Gasteiger charge is 2.19. The zero-order chi connectivity index (χ0) is 18.0. The first kappa shape index (κ1) is 17.4. The second-order valence-corrected chi connectivity index (χ2v) is 6.83. The summed E-state index contributed by atoms with van der Waals surface area (Å²) in [5, 5.41) is 8.07. The van der Waals surface area contributed by atoms with Crippen molar-refractivity contribution in [3.05, 3.63) is 75.0 Å². The molecule has 2 aromatic carbocycles. The molecule has 5 nitrogen and oxygen atoms in total. The summed E-state index contributed by atoms with van der Waals surface area (Å²) in [5.41, 5.74) is 4.93. The fourth-order valence-corrected chi connectivity index (χ4v) is 2.78. The number of nitrogens with zero attached hydrogens (tertiary/aromatic N) is 3. The molecule has 0 aliphatic carbocycles. The number of hydrogen-bond acceptors (Lipinski definition) is 4. The molecule has 0 bridgehead atoms. The van der Waals surface area contributed by atoms with Gasteiger partial charge in [-0.3, -0.25) is 0 Å². The lowest BCUT2D eigenvalue weighted by Gasteiger charge is -2.08. The fourth-order valence-electron chi connectivity index (χ4n) is 2.51. The topological polar surface area (TPSA) is 57.0 Å². The van der Waals surface area contributed by atoms with Crippen molar-refractivity contribution in [1.29, 1.82) is 0 Å². The highest BCUT2D eigenvalue weighted by molar-refractivity contribution is 9.10. The van der Waals surface area contributed by atoms with Crippen molar-refractivity contribution in [2.75, 3.05) is 0 Å². The van der Waals surface area contributed by atoms with E-state index in [1.54, 1.807) is 11.6 Å². The summed E-state index contributed by atoms with van der Waals surface area (Å²) < 4.78 is 8.04. The van der Waals surface area contributed by atoms with Crippen LogP contribution in [0.25, 0.3) is 5.69 Å². The van der Waals surface area contributed by atoms with Gasteiger partial charge < -0.3 is 4.74 Å². The van der Waals surface area contributed by atoms with Crippen LogP contribution in [-0.2, 0) is 11.3 Å². The van der Waals surface area contributed by atoms with Crippen LogP contribution >= 0.6 is 15.9 Å². The van der Waals surface area contributed by atoms with Gasteiger partial charge >= 0.3 is 5.97 Å². The molecule has 25 heavy (non-hydrogen) atoms. The molecule has 0 amide bonds. The van der Waals surface area contributed by atoms with E-state index in [-0.39, 0.29) is 12.3 Å². The number of esters is 1. The summed E-state index contributed by atoms with van der Waals surface area (Å²) in [4.78, 5) is 12.4. The van der Waals surface area contributed by atoms with Crippen molar-refractivity contribution in [3.63, 3.8) is 0 Å². The van der Waals surface area contributed by atoms with Crippen LogP contribution in [0.2, 0.25) is 0 Å². The summed E-state index contributed by atoms with van der Waals surface area (Å²) >= 11 is 3.40. The number of carbonyl (C=O) groups excluding carboxylic acids is 1. The summed E-state index contributed by atoms with van der Waals surface area (Å²) in [6.45, 7) is 6.03. The fraction of sp³-hybridized carbons (Fsp3) is 0.211. The van der Waals surface area contributed by atoms with Crippen molar-refractivity contribution < 1.29 is 9.53 Å². The third kappa shape index (κ3) is 3.79. The average molecular weight is 400 g/mol. The van der Waals surface area contributed by atoms with E-state index < -0.39 is 5.97 Å². The third-order valence-electron chi connectivity index (χ3n) is 4.02. The van der Waals surface area contributed by atoms with Gasteiger partial charge in [-0.1, -0.05) is 44.9 Å². The second-order valence-electron chi connectivity index (χ2n) is 5.92. The van der Waals surface area contributed by atoms with Crippen LogP contribution in [0.15, 0.2) is 46.9 Å². The van der Waals surface area contributed by atoms with E-state index in [4.69, 9.17) is 4.74 Å². The predicted molar refractivity (Wildman–Crippen MR) is 98.8 cm³/mol. The van der Waals surface area contributed by atoms with Crippen LogP contribution in [0.5, 0.6) is 0 Å². The van der Waals surface area contributed by atoms with Crippen molar-refractivity contribution in [2.45, 2.75) is 27.4 Å². The summed E-state index contributed by atoms with van der Waals surface area (Å²) in [6.07, 6.45) is 0. The Balaban J connectivity index is 1.77. The Morgan fingerprint density at radius 3 is 2.56 bits per heavy atom. The van der Waals surface area contributed by atoms with Crippen LogP contribution in [0.4, 0.5) is 0 Å². The monoisotopic (exact) mass is 399 g/mol. The van der Waals surface area contributed by atoms with E-state index in [1.807, 2.05) is 56.3 Å². The Hall–Kier alpha value is -2.47. The molecule has 0 unspecified atom stereocenters. The van der Waals surface area contributed by atoms with Gasteiger partial charge in [0.15, 0.2) is 5.69 Å². The van der Waals surface area contributed by atoms with Crippen LogP contribution in [0.1, 0.15) is 32.9 Å². The van der Waals surface area contributed by atoms with E-state index in [9.17, 15) is 4.79 Å². The first-order valence-electron chi connectivity index (χ1n) is 7.87. The quantitative estimate of drug-likeness (QED) is 0.613. The Morgan fingerprint density at radius 2 is 1.84 bits per heavy atom. The molecular formula is C19H18BrN3O2. The number of ether oxygens (including phenoxy) is 1. The molecule has 128 valence electrons. The van der Waals surface area contributed by atoms with Gasteiger partial charge in [-0.2, -0.15) is 0 Å². The number of hydrogen-bond donors (Lipinski definition) is 0. The molecule has 0 aliphatic rings. The maximum Gasteiger partial charge on any atom is 0.361 e. The summed E-state index contributed by atoms with van der Waals surface area (Å²) in [7, 11) is 0. The minimum absolute atomic E-state index is 0.219. The molecule has 0 radical (unpaired) electrons. The number of aromatic nitrogens is 3. The van der Waals surface area contributed by atoms with Crippen LogP contribution in [0.3, 0.4) is 0 Å². The standard InChI is InChI=1S/C19H18BrN3O2/c1-12-4-5-13(2)15(10-12)11-25-19(24)18-14(3)23(22-21-18)17-8-6-16(20)7-9-17/h4-10H,11H2,1-3H3. The molecule has 0 atom stereocenters. The van der Waals surface area contributed by atoms with Gasteiger partial charge in [0.25, 0.3) is 0 Å². The molecular weight excluding hydrogens is 382 g/mol. The molecule has 0 saturated heterocycles. The van der Waals surface area contributed by atoms with E-state index in [1.165, 1.54) is 0 Å². The summed E-state index contributed by atoms with van der Waals surface area (Å²) in [6, 6.07) is 13.7. The van der Waals surface area contributed by atoms with Gasteiger partial charge in [0.2, 0.25) is 0 Å². The van der Waals surface area contributed by atoms with Crippen LogP contribution < -0.4 is 0 Å². The molecule has 0 fully saturated rings. The second kappa shape index (κ2) is 7.19. The zero-order valence-corrected chi connectivity index (χ0v) is 15.9. The first-order chi connectivity index (χ1) is 12.0. The van der Waals surface area contributed by atoms with Gasteiger partial charge in [0.05, 0.1) is 11.4 Å². The Labute approximate surface area is 154 Å². The molecule has 0 aliphatic heterocycles. The van der Waals surface area contributed by atoms with Gasteiger partial charge in [0, 0.05) is 4.47 Å². The molecule has 1 aromatic heterocycles. The number of aryl methyl sites for hydroxylation is 2. The van der Waals surface area contributed by atoms with Gasteiger partial charge in [0.1, 0.15) is 6.61 Å². The lowest BCUT2D eigenvalue weighted by atomic mass is 10.1. The van der Waals surface area contributed by atoms with Crippen molar-refractivity contribution in [2.24, 2.45) is 0 Å². The third-order valence-corrected chi connectivity index (χ3v) is 4.55. The maximum atomic E-state index is 12.4. The zero-order valence-electron chi connectivity index (χ0n) is 14.3. The molecule has 3 aromatic rings. The SMILES string of the molecule is Cc1ccc(C)c(COC(=O)c2nnn(-c3ccc(Br)cc3)c2C)c1. The lowest BCUT2D eigenvalue weighted by Crippen LogP contribution is -2.09. The number of benzene rings is 2. The maximum absolute atomic E-state index is 12.4. The highest BCUT2D eigenvalue weighted by Crippen LogP contribution is 2.17. The molecule has 0 saturated carbocycles. The number of carbonyl (C=O) groups is 1. The normalized spacial score (nSPS) is 10.7. The number of halogens is 1. The van der Waals surface area contributed by atoms with E-state index >= 15 is 0 Å². The van der Waals surface area contributed by atoms with Crippen LogP contribution in [0, 0.1) is 20.8 Å². The van der Waals surface area contributed by atoms with E-state index in [0.29, 0.717) is 5.69 Å². The minimum atomic E-state index is -0.471. The largest absolute Gasteiger partial charge is 0.456 e. The highest BCUT2D eigenvalue weighted by atomic mass is 79.9. The molecule has 6 heteroatoms. The van der Waals surface area contributed by atoms with Gasteiger partial charge in [-0.25, -0.2) is 9.48 Å². The average Bonchev–Trinajstić information content (AvgIpc) is 2.98. The lowest BCUT2D eigenvalue weighted by molar-refractivity contribution is 0.0464. The smallest absolute Gasteiger partial charge is 0.361 e. The van der Waals surface area contributed by atoms with Gasteiger partial charge in [-0.15, -0.1) is 5.10 Å². The predicted octanol–water partition coefficient (Wildman–Crippen LogP) is 4.31. The van der Waals surface area contributed by atoms with E-state index in [2.05, 4.69) is 26.2 Å². The van der Waals surface area contributed by atoms with Crippen molar-refractivity contribution in [3.8, 4) is 5.69 Å². The Kier molecular flexibility index (Phi) is 4.99. The first-order valence-corrected chi connectivity index (χ1v) is 8.66. The van der Waals surface area contributed by atoms with E-state index in [0.717, 1.165) is 26.9 Å². The Morgan fingerprint density at radius 1 is 1.12 bits per heavy atom. The van der Waals surface area contributed by atoms with Crippen molar-refractivity contribution in [1.82, 2.24) is 15.0 Å². The van der Waals surface area contributed by atoms with Crippen LogP contribution in [-0.4, -0.2) is 21.0 Å². The van der Waals surface area contributed by atoms with Gasteiger partial charge in [-0.05, 0) is 56.2 Å². The Bertz CT molecular complexity index is 917. The molecule has 0 N–H and O–H groups in total. The minimum Gasteiger partial charge on any atom is -0.456 e. The summed E-state index contributed by atoms with van der Waals surface area (Å²) in [5.74, 6) is -0.471. The van der Waals surface area contributed by atoms with Crippen molar-refractivity contribution >= 4 is 21.9 Å². The molecule has 1 heterocycles. The molecule has 0 spiro atoms.